The maximum absolute atomic E-state index is 13.8. The van der Waals surface area contributed by atoms with Gasteiger partial charge in [0.15, 0.2) is 0 Å². The van der Waals surface area contributed by atoms with E-state index >= 15 is 0 Å². The van der Waals surface area contributed by atoms with E-state index in [2.05, 4.69) is 0 Å². The highest BCUT2D eigenvalue weighted by Crippen LogP contribution is 2.42. The Morgan fingerprint density at radius 2 is 1.71 bits per heavy atom. The average molecular weight is 222 g/mol. The zero-order valence-corrected chi connectivity index (χ0v) is 9.23. The summed E-state index contributed by atoms with van der Waals surface area (Å²) in [6.45, 7) is 2.67. The molecule has 0 bridgehead atoms. The number of hydrogen-bond donors (Lipinski definition) is 0. The third-order valence-corrected chi connectivity index (χ3v) is 4.78. The molecule has 1 aliphatic rings. The first kappa shape index (κ1) is 11.6. The van der Waals surface area contributed by atoms with Crippen LogP contribution in [-0.4, -0.2) is 31.9 Å². The van der Waals surface area contributed by atoms with Crippen molar-refractivity contribution < 1.29 is 17.6 Å². The van der Waals surface area contributed by atoms with E-state index < -0.39 is 20.9 Å². The van der Waals surface area contributed by atoms with Crippen LogP contribution in [0.4, 0.5) is 4.39 Å². The maximum atomic E-state index is 13.8. The topological polar surface area (TPSA) is 51.2 Å². The van der Waals surface area contributed by atoms with Crippen molar-refractivity contribution in [3.8, 4) is 0 Å². The molecule has 1 rings (SSSR count). The van der Waals surface area contributed by atoms with E-state index in [0.29, 0.717) is 6.29 Å². The minimum Gasteiger partial charge on any atom is -0.303 e. The van der Waals surface area contributed by atoms with Gasteiger partial charge in [-0.2, -0.15) is 0 Å². The fraction of sp³-hybridized carbons (Fsp3) is 0.889. The van der Waals surface area contributed by atoms with Gasteiger partial charge in [0.05, 0.1) is 16.9 Å². The van der Waals surface area contributed by atoms with Crippen molar-refractivity contribution in [1.82, 2.24) is 0 Å². The molecule has 0 aromatic carbocycles. The number of carbonyl (C=O) groups excluding carboxylic acids is 1. The maximum Gasteiger partial charge on any atom is 0.150 e. The number of halogens is 1. The van der Waals surface area contributed by atoms with Crippen LogP contribution in [-0.2, 0) is 14.6 Å². The van der Waals surface area contributed by atoms with Crippen molar-refractivity contribution in [2.24, 2.45) is 5.41 Å². The summed E-state index contributed by atoms with van der Waals surface area (Å²) < 4.78 is 36.0. The van der Waals surface area contributed by atoms with E-state index in [1.165, 1.54) is 13.8 Å². The molecule has 14 heavy (non-hydrogen) atoms. The quantitative estimate of drug-likeness (QED) is 0.658. The Bertz CT molecular complexity index is 312. The molecule has 0 aromatic rings. The van der Waals surface area contributed by atoms with Gasteiger partial charge in [-0.3, -0.25) is 0 Å². The van der Waals surface area contributed by atoms with Crippen LogP contribution in [0.15, 0.2) is 0 Å². The summed E-state index contributed by atoms with van der Waals surface area (Å²) in [7, 11) is -3.05. The Kier molecular flexibility index (Phi) is 2.73. The lowest BCUT2D eigenvalue weighted by atomic mass is 9.72. The van der Waals surface area contributed by atoms with Gasteiger partial charge in [-0.05, 0) is 26.7 Å². The lowest BCUT2D eigenvalue weighted by molar-refractivity contribution is -0.124. The third kappa shape index (κ3) is 1.97. The van der Waals surface area contributed by atoms with Gasteiger partial charge in [-0.15, -0.1) is 0 Å². The van der Waals surface area contributed by atoms with Crippen molar-refractivity contribution in [3.05, 3.63) is 0 Å². The number of hydrogen-bond acceptors (Lipinski definition) is 3. The summed E-state index contributed by atoms with van der Waals surface area (Å²) in [6.07, 6.45) is 0.784. The zero-order chi connectivity index (χ0) is 11.0. The summed E-state index contributed by atoms with van der Waals surface area (Å²) in [6, 6.07) is 0. The van der Waals surface area contributed by atoms with Gasteiger partial charge in [-0.1, -0.05) is 0 Å². The largest absolute Gasteiger partial charge is 0.303 e. The predicted octanol–water partition coefficient (Wildman–Crippen LogP) is 1.13. The molecule has 1 saturated heterocycles. The summed E-state index contributed by atoms with van der Waals surface area (Å²) in [5, 5.41) is 0. The lowest BCUT2D eigenvalue weighted by Gasteiger charge is -2.39. The number of sulfone groups is 1. The van der Waals surface area contributed by atoms with E-state index in [4.69, 9.17) is 0 Å². The second-order valence-corrected chi connectivity index (χ2v) is 6.70. The molecule has 0 N–H and O–H groups in total. The zero-order valence-electron chi connectivity index (χ0n) is 8.42. The van der Waals surface area contributed by atoms with Crippen LogP contribution in [0.25, 0.3) is 0 Å². The lowest BCUT2D eigenvalue weighted by Crippen LogP contribution is -2.47. The van der Waals surface area contributed by atoms with Gasteiger partial charge in [0.2, 0.25) is 0 Å². The normalized spacial score (nSPS) is 25.6. The molecule has 0 radical (unpaired) electrons. The Balaban J connectivity index is 2.93. The first-order valence-electron chi connectivity index (χ1n) is 4.58. The molecule has 0 atom stereocenters. The van der Waals surface area contributed by atoms with Gasteiger partial charge in [-0.25, -0.2) is 12.8 Å². The first-order chi connectivity index (χ1) is 6.22. The van der Waals surface area contributed by atoms with Crippen LogP contribution in [0.2, 0.25) is 0 Å². The molecule has 0 saturated carbocycles. The van der Waals surface area contributed by atoms with Crippen LogP contribution in [0.5, 0.6) is 0 Å². The molecule has 1 aliphatic heterocycles. The summed E-state index contributed by atoms with van der Waals surface area (Å²) in [5.74, 6) is -0.168. The number of carbonyl (C=O) groups is 1. The molecule has 1 fully saturated rings. The Morgan fingerprint density at radius 3 is 2.00 bits per heavy atom. The Morgan fingerprint density at radius 1 is 1.29 bits per heavy atom. The second kappa shape index (κ2) is 3.29. The molecule has 0 unspecified atom stereocenters. The molecule has 0 spiro atoms. The smallest absolute Gasteiger partial charge is 0.150 e. The highest BCUT2D eigenvalue weighted by Gasteiger charge is 2.48. The number of aldehydes is 1. The second-order valence-electron chi connectivity index (χ2n) is 4.40. The Hall–Kier alpha value is -0.450. The first-order valence-corrected chi connectivity index (χ1v) is 6.40. The van der Waals surface area contributed by atoms with Crippen LogP contribution >= 0.6 is 0 Å². The van der Waals surface area contributed by atoms with Crippen LogP contribution < -0.4 is 0 Å². The van der Waals surface area contributed by atoms with Gasteiger partial charge >= 0.3 is 0 Å². The van der Waals surface area contributed by atoms with Crippen molar-refractivity contribution >= 4 is 16.1 Å². The van der Waals surface area contributed by atoms with Gasteiger partial charge < -0.3 is 4.79 Å². The monoisotopic (exact) mass is 222 g/mol. The van der Waals surface area contributed by atoms with Crippen LogP contribution in [0.3, 0.4) is 0 Å². The third-order valence-electron chi connectivity index (χ3n) is 3.13. The van der Waals surface area contributed by atoms with Crippen LogP contribution in [0, 0.1) is 5.41 Å². The van der Waals surface area contributed by atoms with E-state index in [1.807, 2.05) is 0 Å². The van der Waals surface area contributed by atoms with E-state index in [1.54, 1.807) is 0 Å². The highest BCUT2D eigenvalue weighted by atomic mass is 32.2. The molecule has 5 heteroatoms. The molecule has 0 aromatic heterocycles. The fourth-order valence-electron chi connectivity index (χ4n) is 1.75. The highest BCUT2D eigenvalue weighted by molar-refractivity contribution is 7.91. The fourth-order valence-corrected chi connectivity index (χ4v) is 3.31. The Labute approximate surface area is 83.6 Å². The van der Waals surface area contributed by atoms with Crippen molar-refractivity contribution in [3.63, 3.8) is 0 Å². The van der Waals surface area contributed by atoms with Crippen molar-refractivity contribution in [2.45, 2.75) is 32.4 Å². The van der Waals surface area contributed by atoms with E-state index in [-0.39, 0.29) is 24.3 Å². The minimum absolute atomic E-state index is 0.0842. The van der Waals surface area contributed by atoms with Crippen LogP contribution in [0.1, 0.15) is 26.7 Å². The molecular formula is C9H15FO3S. The van der Waals surface area contributed by atoms with Gasteiger partial charge in [0.1, 0.15) is 21.8 Å². The molecule has 3 nitrogen and oxygen atoms in total. The van der Waals surface area contributed by atoms with Crippen molar-refractivity contribution in [2.75, 3.05) is 11.5 Å². The SMILES string of the molecule is CC(C)(F)C1(C=O)CCS(=O)(=O)CC1. The standard InChI is InChI=1S/C9H15FO3S/c1-8(2,10)9(7-11)3-5-14(12,13)6-4-9/h7H,3-6H2,1-2H3. The summed E-state index contributed by atoms with van der Waals surface area (Å²) >= 11 is 0. The predicted molar refractivity (Wildman–Crippen MR) is 51.6 cm³/mol. The minimum atomic E-state index is -3.05. The van der Waals surface area contributed by atoms with Gasteiger partial charge in [0, 0.05) is 0 Å². The molecule has 0 aliphatic carbocycles. The number of rotatable bonds is 2. The van der Waals surface area contributed by atoms with Crippen molar-refractivity contribution in [1.29, 1.82) is 0 Å². The molecular weight excluding hydrogens is 207 g/mol. The molecule has 82 valence electrons. The van der Waals surface area contributed by atoms with E-state index in [9.17, 15) is 17.6 Å². The summed E-state index contributed by atoms with van der Waals surface area (Å²) in [4.78, 5) is 10.9. The number of alkyl halides is 1. The van der Waals surface area contributed by atoms with E-state index in [0.717, 1.165) is 0 Å². The molecule has 0 amide bonds. The summed E-state index contributed by atoms with van der Waals surface area (Å²) in [5.41, 5.74) is -2.76. The molecule has 1 heterocycles. The van der Waals surface area contributed by atoms with Gasteiger partial charge in [0.25, 0.3) is 0 Å². The average Bonchev–Trinajstić information content (AvgIpc) is 2.03.